The Morgan fingerprint density at radius 3 is 2.32 bits per heavy atom. The Morgan fingerprint density at radius 1 is 1.23 bits per heavy atom. The van der Waals surface area contributed by atoms with Crippen LogP contribution in [0.15, 0.2) is 35.9 Å². The molecule has 0 aliphatic carbocycles. The van der Waals surface area contributed by atoms with E-state index in [2.05, 4.69) is 0 Å². The highest BCUT2D eigenvalue weighted by atomic mass is 19.4. The van der Waals surface area contributed by atoms with Gasteiger partial charge in [-0.25, -0.2) is 4.79 Å². The summed E-state index contributed by atoms with van der Waals surface area (Å²) in [5.74, 6) is -0.333. The Kier molecular flexibility index (Phi) is 5.11. The van der Waals surface area contributed by atoms with Crippen molar-refractivity contribution in [3.05, 3.63) is 41.5 Å². The first-order valence-corrected chi connectivity index (χ1v) is 7.18. The van der Waals surface area contributed by atoms with E-state index in [1.807, 2.05) is 4.90 Å². The van der Waals surface area contributed by atoms with Gasteiger partial charge in [0.2, 0.25) is 0 Å². The molecule has 1 aliphatic heterocycles. The van der Waals surface area contributed by atoms with Gasteiger partial charge >= 0.3 is 12.1 Å². The lowest BCUT2D eigenvalue weighted by Crippen LogP contribution is -2.30. The van der Waals surface area contributed by atoms with Crippen LogP contribution in [0.4, 0.5) is 18.9 Å². The van der Waals surface area contributed by atoms with Crippen LogP contribution in [-0.4, -0.2) is 25.7 Å². The number of halogens is 3. The molecule has 22 heavy (non-hydrogen) atoms. The third kappa shape index (κ3) is 4.26. The highest BCUT2D eigenvalue weighted by Crippen LogP contribution is 2.31. The second-order valence-electron chi connectivity index (χ2n) is 5.09. The van der Waals surface area contributed by atoms with Gasteiger partial charge in [-0.2, -0.15) is 13.2 Å². The van der Waals surface area contributed by atoms with Gasteiger partial charge in [0, 0.05) is 24.9 Å². The summed E-state index contributed by atoms with van der Waals surface area (Å²) in [6, 6.07) is 5.17. The van der Waals surface area contributed by atoms with Gasteiger partial charge in [0.25, 0.3) is 0 Å². The van der Waals surface area contributed by atoms with Crippen LogP contribution in [0.2, 0.25) is 0 Å². The summed E-state index contributed by atoms with van der Waals surface area (Å²) in [6.45, 7) is 3.46. The predicted molar refractivity (Wildman–Crippen MR) is 77.6 cm³/mol. The summed E-state index contributed by atoms with van der Waals surface area (Å²) in [5, 5.41) is 0. The van der Waals surface area contributed by atoms with E-state index in [-0.39, 0.29) is 5.97 Å². The zero-order valence-corrected chi connectivity index (χ0v) is 12.3. The summed E-state index contributed by atoms with van der Waals surface area (Å²) in [7, 11) is 0. The number of nitrogens with zero attached hydrogens (tertiary/aromatic N) is 1. The molecule has 120 valence electrons. The highest BCUT2D eigenvalue weighted by molar-refractivity contribution is 5.82. The fourth-order valence-corrected chi connectivity index (χ4v) is 2.41. The predicted octanol–water partition coefficient (Wildman–Crippen LogP) is 3.80. The van der Waals surface area contributed by atoms with Crippen LogP contribution in [0, 0.1) is 0 Å². The average molecular weight is 313 g/mol. The molecule has 0 saturated carbocycles. The topological polar surface area (TPSA) is 29.5 Å². The number of esters is 1. The molecule has 1 fully saturated rings. The molecule has 0 radical (unpaired) electrons. The Bertz CT molecular complexity index is 540. The van der Waals surface area contributed by atoms with Gasteiger partial charge in [-0.15, -0.1) is 0 Å². The number of anilines is 1. The quantitative estimate of drug-likeness (QED) is 0.628. The molecule has 3 nitrogen and oxygen atoms in total. The van der Waals surface area contributed by atoms with E-state index in [9.17, 15) is 18.0 Å². The zero-order valence-electron chi connectivity index (χ0n) is 12.3. The van der Waals surface area contributed by atoms with Crippen LogP contribution >= 0.6 is 0 Å². The van der Waals surface area contributed by atoms with Crippen LogP contribution in [0.25, 0.3) is 0 Å². The molecule has 0 amide bonds. The monoisotopic (exact) mass is 313 g/mol. The first-order chi connectivity index (χ1) is 10.4. The van der Waals surface area contributed by atoms with Crippen molar-refractivity contribution in [1.29, 1.82) is 0 Å². The number of ether oxygens (including phenoxy) is 1. The first-order valence-electron chi connectivity index (χ1n) is 7.18. The van der Waals surface area contributed by atoms with Gasteiger partial charge < -0.3 is 9.64 Å². The van der Waals surface area contributed by atoms with Crippen molar-refractivity contribution in [2.45, 2.75) is 25.9 Å². The van der Waals surface area contributed by atoms with Crippen molar-refractivity contribution in [2.75, 3.05) is 24.6 Å². The molecule has 0 bridgehead atoms. The van der Waals surface area contributed by atoms with E-state index in [1.54, 1.807) is 6.92 Å². The van der Waals surface area contributed by atoms with E-state index < -0.39 is 11.7 Å². The van der Waals surface area contributed by atoms with E-state index in [4.69, 9.17) is 4.74 Å². The molecule has 0 N–H and O–H groups in total. The van der Waals surface area contributed by atoms with Gasteiger partial charge in [0.15, 0.2) is 0 Å². The molecular weight excluding hydrogens is 295 g/mol. The average Bonchev–Trinajstić information content (AvgIpc) is 2.47. The smallest absolute Gasteiger partial charge is 0.416 e. The van der Waals surface area contributed by atoms with Gasteiger partial charge in [0.1, 0.15) is 0 Å². The molecule has 1 aliphatic rings. The summed E-state index contributed by atoms with van der Waals surface area (Å²) >= 11 is 0. The van der Waals surface area contributed by atoms with Crippen molar-refractivity contribution in [1.82, 2.24) is 0 Å². The molecular formula is C16H18F3NO2. The minimum atomic E-state index is -4.31. The highest BCUT2D eigenvalue weighted by Gasteiger charge is 2.30. The Balaban J connectivity index is 1.96. The number of hydrogen-bond acceptors (Lipinski definition) is 3. The molecule has 1 heterocycles. The van der Waals surface area contributed by atoms with Gasteiger partial charge in [-0.3, -0.25) is 0 Å². The fraction of sp³-hybridized carbons (Fsp3) is 0.438. The number of alkyl halides is 3. The van der Waals surface area contributed by atoms with Crippen LogP contribution in [-0.2, 0) is 15.7 Å². The molecule has 0 atom stereocenters. The molecule has 2 rings (SSSR count). The van der Waals surface area contributed by atoms with Crippen LogP contribution in [0.1, 0.15) is 25.3 Å². The minimum Gasteiger partial charge on any atom is -0.463 e. The molecule has 0 aromatic heterocycles. The molecule has 0 spiro atoms. The van der Waals surface area contributed by atoms with Crippen LogP contribution < -0.4 is 4.90 Å². The fourth-order valence-electron chi connectivity index (χ4n) is 2.41. The largest absolute Gasteiger partial charge is 0.463 e. The maximum Gasteiger partial charge on any atom is 0.416 e. The number of rotatable bonds is 3. The van der Waals surface area contributed by atoms with Crippen LogP contribution in [0.3, 0.4) is 0 Å². The maximum absolute atomic E-state index is 12.5. The lowest BCUT2D eigenvalue weighted by atomic mass is 10.0. The van der Waals surface area contributed by atoms with E-state index >= 15 is 0 Å². The minimum absolute atomic E-state index is 0.333. The number of carbonyl (C=O) groups is 1. The van der Waals surface area contributed by atoms with Crippen molar-refractivity contribution in [3.63, 3.8) is 0 Å². The third-order valence-electron chi connectivity index (χ3n) is 3.57. The van der Waals surface area contributed by atoms with Crippen molar-refractivity contribution in [2.24, 2.45) is 0 Å². The van der Waals surface area contributed by atoms with E-state index in [0.29, 0.717) is 32.5 Å². The van der Waals surface area contributed by atoms with Crippen molar-refractivity contribution in [3.8, 4) is 0 Å². The van der Waals surface area contributed by atoms with Gasteiger partial charge in [-0.1, -0.05) is 5.57 Å². The molecule has 0 unspecified atom stereocenters. The summed E-state index contributed by atoms with van der Waals surface area (Å²) in [6.07, 6.45) is -1.37. The maximum atomic E-state index is 12.5. The SMILES string of the molecule is CCOC(=O)C=C1CCN(c2ccc(C(F)(F)F)cc2)CC1. The normalized spacial score (nSPS) is 15.6. The van der Waals surface area contributed by atoms with Gasteiger partial charge in [0.05, 0.1) is 12.2 Å². The Morgan fingerprint density at radius 2 is 1.82 bits per heavy atom. The van der Waals surface area contributed by atoms with Crippen molar-refractivity contribution < 1.29 is 22.7 Å². The molecule has 6 heteroatoms. The summed E-state index contributed by atoms with van der Waals surface area (Å²) in [4.78, 5) is 13.4. The summed E-state index contributed by atoms with van der Waals surface area (Å²) < 4.78 is 42.5. The zero-order chi connectivity index (χ0) is 16.2. The number of benzene rings is 1. The summed E-state index contributed by atoms with van der Waals surface area (Å²) in [5.41, 5.74) is 1.14. The second-order valence-corrected chi connectivity index (χ2v) is 5.09. The standard InChI is InChI=1S/C16H18F3NO2/c1-2-22-15(21)11-12-7-9-20(10-8-12)14-5-3-13(4-6-14)16(17,18)19/h3-6,11H,2,7-10H2,1H3. The van der Waals surface area contributed by atoms with Gasteiger partial charge in [-0.05, 0) is 44.0 Å². The lowest BCUT2D eigenvalue weighted by Gasteiger charge is -2.30. The number of hydrogen-bond donors (Lipinski definition) is 0. The number of piperidine rings is 1. The third-order valence-corrected chi connectivity index (χ3v) is 3.57. The Labute approximate surface area is 127 Å². The second kappa shape index (κ2) is 6.85. The molecule has 1 aromatic rings. The lowest BCUT2D eigenvalue weighted by molar-refractivity contribution is -0.138. The van der Waals surface area contributed by atoms with Crippen LogP contribution in [0.5, 0.6) is 0 Å². The van der Waals surface area contributed by atoms with E-state index in [1.165, 1.54) is 18.2 Å². The molecule has 1 aromatic carbocycles. The Hall–Kier alpha value is -1.98. The first kappa shape index (κ1) is 16.4. The van der Waals surface area contributed by atoms with E-state index in [0.717, 1.165) is 23.4 Å². The number of carbonyl (C=O) groups excluding carboxylic acids is 1. The molecule has 1 saturated heterocycles. The van der Waals surface area contributed by atoms with Crippen molar-refractivity contribution >= 4 is 11.7 Å².